The highest BCUT2D eigenvalue weighted by Crippen LogP contribution is 2.35. The van der Waals surface area contributed by atoms with E-state index in [4.69, 9.17) is 4.74 Å². The lowest BCUT2D eigenvalue weighted by atomic mass is 9.99. The second-order valence-corrected chi connectivity index (χ2v) is 9.73. The molecule has 0 saturated carbocycles. The number of urea groups is 2. The van der Waals surface area contributed by atoms with Gasteiger partial charge in [0.2, 0.25) is 0 Å². The smallest absolute Gasteiger partial charge is 0.321 e. The van der Waals surface area contributed by atoms with Crippen LogP contribution in [0.2, 0.25) is 0 Å². The fraction of sp³-hybridized carbons (Fsp3) is 0.444. The fourth-order valence-electron chi connectivity index (χ4n) is 4.07. The standard InChI is InChI=1S/C27H37N5O5/c1-17(2)28-26(35)30-22-13-9-12-21-24(22)37-23(18(3)14-32(25(21)34)19(4)16-33)15-31(5)27(36)29-20-10-7-6-8-11-20/h6-13,17-19,23,33H,14-16H2,1-5H3,(H,29,36)(H2,28,30,35)/t18-,19-,23-/m1/s1. The summed E-state index contributed by atoms with van der Waals surface area (Å²) in [6.45, 7) is 7.75. The third kappa shape index (κ3) is 7.13. The van der Waals surface area contributed by atoms with Crippen LogP contribution in [-0.2, 0) is 0 Å². The summed E-state index contributed by atoms with van der Waals surface area (Å²) in [6, 6.07) is 12.9. The van der Waals surface area contributed by atoms with Crippen molar-refractivity contribution in [2.24, 2.45) is 5.92 Å². The van der Waals surface area contributed by atoms with Crippen LogP contribution in [0.1, 0.15) is 38.1 Å². The molecule has 0 unspecified atom stereocenters. The normalized spacial score (nSPS) is 18.1. The van der Waals surface area contributed by atoms with Crippen molar-refractivity contribution in [2.75, 3.05) is 37.4 Å². The first-order chi connectivity index (χ1) is 17.6. The average Bonchev–Trinajstić information content (AvgIpc) is 2.86. The number of hydrogen-bond donors (Lipinski definition) is 4. The topological polar surface area (TPSA) is 123 Å². The molecule has 0 aromatic heterocycles. The molecule has 10 heteroatoms. The van der Waals surface area contributed by atoms with Gasteiger partial charge in [0.1, 0.15) is 6.10 Å². The van der Waals surface area contributed by atoms with Crippen LogP contribution >= 0.6 is 0 Å². The molecular formula is C27H37N5O5. The summed E-state index contributed by atoms with van der Waals surface area (Å²) in [7, 11) is 1.67. The predicted octanol–water partition coefficient (Wildman–Crippen LogP) is 3.60. The SMILES string of the molecule is CC(C)NC(=O)Nc1cccc2c1O[C@H](CN(C)C(=O)Nc1ccccc1)[C@H](C)CN([C@H](C)CO)C2=O. The molecule has 1 aliphatic heterocycles. The van der Waals surface area contributed by atoms with Crippen LogP contribution in [0.25, 0.3) is 0 Å². The molecule has 0 saturated heterocycles. The molecule has 0 bridgehead atoms. The van der Waals surface area contributed by atoms with Crippen molar-refractivity contribution in [1.82, 2.24) is 15.1 Å². The molecule has 5 amide bonds. The molecule has 0 fully saturated rings. The molecule has 0 spiro atoms. The number of carbonyl (C=O) groups excluding carboxylic acids is 3. The summed E-state index contributed by atoms with van der Waals surface area (Å²) in [6.07, 6.45) is -0.511. The second kappa shape index (κ2) is 12.4. The zero-order valence-electron chi connectivity index (χ0n) is 22.0. The van der Waals surface area contributed by atoms with Crippen molar-refractivity contribution in [3.8, 4) is 5.75 Å². The van der Waals surface area contributed by atoms with E-state index in [9.17, 15) is 19.5 Å². The minimum absolute atomic E-state index is 0.0847. The number of aliphatic hydroxyl groups is 1. The molecule has 4 N–H and O–H groups in total. The van der Waals surface area contributed by atoms with Crippen LogP contribution in [0.3, 0.4) is 0 Å². The number of amides is 5. The third-order valence-corrected chi connectivity index (χ3v) is 6.18. The quantitative estimate of drug-likeness (QED) is 0.452. The first kappa shape index (κ1) is 27.8. The van der Waals surface area contributed by atoms with Gasteiger partial charge in [-0.25, -0.2) is 9.59 Å². The van der Waals surface area contributed by atoms with E-state index >= 15 is 0 Å². The molecule has 200 valence electrons. The van der Waals surface area contributed by atoms with Gasteiger partial charge in [-0.1, -0.05) is 31.2 Å². The minimum Gasteiger partial charge on any atom is -0.485 e. The zero-order chi connectivity index (χ0) is 27.1. The van der Waals surface area contributed by atoms with E-state index in [0.29, 0.717) is 17.9 Å². The first-order valence-corrected chi connectivity index (χ1v) is 12.5. The summed E-state index contributed by atoms with van der Waals surface area (Å²) >= 11 is 0. The number of benzene rings is 2. The number of fused-ring (bicyclic) bond motifs is 1. The van der Waals surface area contributed by atoms with Gasteiger partial charge in [0.05, 0.1) is 30.4 Å². The van der Waals surface area contributed by atoms with Gasteiger partial charge in [-0.2, -0.15) is 0 Å². The van der Waals surface area contributed by atoms with E-state index in [0.717, 1.165) is 0 Å². The number of carbonyl (C=O) groups is 3. The molecule has 1 aliphatic rings. The highest BCUT2D eigenvalue weighted by molar-refractivity contribution is 6.01. The highest BCUT2D eigenvalue weighted by atomic mass is 16.5. The van der Waals surface area contributed by atoms with Crippen molar-refractivity contribution >= 4 is 29.3 Å². The Morgan fingerprint density at radius 1 is 1.11 bits per heavy atom. The van der Waals surface area contributed by atoms with Crippen LogP contribution in [-0.4, -0.2) is 77.8 Å². The molecular weight excluding hydrogens is 474 g/mol. The van der Waals surface area contributed by atoms with Crippen LogP contribution in [0.15, 0.2) is 48.5 Å². The first-order valence-electron chi connectivity index (χ1n) is 12.5. The van der Waals surface area contributed by atoms with Gasteiger partial charge < -0.3 is 35.6 Å². The van der Waals surface area contributed by atoms with Crippen LogP contribution < -0.4 is 20.7 Å². The van der Waals surface area contributed by atoms with Crippen LogP contribution in [0.5, 0.6) is 5.75 Å². The number of rotatable bonds is 7. The van der Waals surface area contributed by atoms with E-state index in [-0.39, 0.29) is 48.4 Å². The van der Waals surface area contributed by atoms with E-state index in [2.05, 4.69) is 16.0 Å². The maximum absolute atomic E-state index is 13.5. The Morgan fingerprint density at radius 2 is 1.81 bits per heavy atom. The van der Waals surface area contributed by atoms with Gasteiger partial charge in [0, 0.05) is 31.2 Å². The third-order valence-electron chi connectivity index (χ3n) is 6.18. The average molecular weight is 512 g/mol. The van der Waals surface area contributed by atoms with Crippen molar-refractivity contribution in [3.63, 3.8) is 0 Å². The van der Waals surface area contributed by atoms with Gasteiger partial charge in [0.25, 0.3) is 5.91 Å². The molecule has 0 aliphatic carbocycles. The van der Waals surface area contributed by atoms with Crippen LogP contribution in [0.4, 0.5) is 21.0 Å². The number of aliphatic hydroxyl groups excluding tert-OH is 1. The van der Waals surface area contributed by atoms with E-state index in [1.165, 1.54) is 4.90 Å². The predicted molar refractivity (Wildman–Crippen MR) is 143 cm³/mol. The Hall–Kier alpha value is -3.79. The maximum Gasteiger partial charge on any atom is 0.321 e. The van der Waals surface area contributed by atoms with Gasteiger partial charge >= 0.3 is 12.1 Å². The lowest BCUT2D eigenvalue weighted by Crippen LogP contribution is -2.50. The number of para-hydroxylation sites is 2. The van der Waals surface area contributed by atoms with Gasteiger partial charge in [-0.15, -0.1) is 0 Å². The van der Waals surface area contributed by atoms with Gasteiger partial charge in [-0.3, -0.25) is 4.79 Å². The number of hydrogen-bond acceptors (Lipinski definition) is 5. The molecule has 37 heavy (non-hydrogen) atoms. The lowest BCUT2D eigenvalue weighted by Gasteiger charge is -2.38. The summed E-state index contributed by atoms with van der Waals surface area (Å²) < 4.78 is 6.42. The van der Waals surface area contributed by atoms with Crippen molar-refractivity contribution in [1.29, 1.82) is 0 Å². The Morgan fingerprint density at radius 3 is 2.46 bits per heavy atom. The monoisotopic (exact) mass is 511 g/mol. The highest BCUT2D eigenvalue weighted by Gasteiger charge is 2.35. The van der Waals surface area contributed by atoms with E-state index in [1.807, 2.05) is 39.0 Å². The molecule has 1 heterocycles. The molecule has 3 rings (SSSR count). The fourth-order valence-corrected chi connectivity index (χ4v) is 4.07. The van der Waals surface area contributed by atoms with E-state index in [1.54, 1.807) is 49.2 Å². The largest absolute Gasteiger partial charge is 0.485 e. The Bertz CT molecular complexity index is 1090. The molecule has 3 atom stereocenters. The Balaban J connectivity index is 1.93. The number of likely N-dealkylation sites (N-methyl/N-ethyl adjacent to an activating group) is 1. The maximum atomic E-state index is 13.5. The summed E-state index contributed by atoms with van der Waals surface area (Å²) in [5, 5.41) is 18.2. The van der Waals surface area contributed by atoms with Gasteiger partial charge in [-0.05, 0) is 45.0 Å². The molecule has 0 radical (unpaired) electrons. The zero-order valence-corrected chi connectivity index (χ0v) is 22.0. The number of anilines is 2. The lowest BCUT2D eigenvalue weighted by molar-refractivity contribution is 0.0373. The van der Waals surface area contributed by atoms with Crippen LogP contribution in [0, 0.1) is 5.92 Å². The number of nitrogens with zero attached hydrogens (tertiary/aromatic N) is 2. The van der Waals surface area contributed by atoms with Crippen molar-refractivity contribution in [3.05, 3.63) is 54.1 Å². The second-order valence-electron chi connectivity index (χ2n) is 9.73. The van der Waals surface area contributed by atoms with Gasteiger partial charge in [0.15, 0.2) is 5.75 Å². The molecule has 10 nitrogen and oxygen atoms in total. The summed E-state index contributed by atoms with van der Waals surface area (Å²) in [5.41, 5.74) is 1.29. The molecule has 2 aromatic carbocycles. The minimum atomic E-state index is -0.511. The van der Waals surface area contributed by atoms with E-state index < -0.39 is 18.2 Å². The summed E-state index contributed by atoms with van der Waals surface area (Å²) in [4.78, 5) is 42.0. The number of nitrogens with one attached hydrogen (secondary N) is 3. The Labute approximate surface area is 218 Å². The van der Waals surface area contributed by atoms with Crippen molar-refractivity contribution in [2.45, 2.75) is 45.9 Å². The molecule has 2 aromatic rings. The number of ether oxygens (including phenoxy) is 1. The Kier molecular flexibility index (Phi) is 9.35. The summed E-state index contributed by atoms with van der Waals surface area (Å²) in [5.74, 6) is -0.268. The van der Waals surface area contributed by atoms with Crippen molar-refractivity contribution < 1.29 is 24.2 Å².